The summed E-state index contributed by atoms with van der Waals surface area (Å²) in [7, 11) is -5.71. The summed E-state index contributed by atoms with van der Waals surface area (Å²) in [4.78, 5) is 0. The summed E-state index contributed by atoms with van der Waals surface area (Å²) in [5, 5.41) is 2.18. The van der Waals surface area contributed by atoms with Crippen LogP contribution in [0.25, 0.3) is 0 Å². The molecule has 4 nitrogen and oxygen atoms in total. The van der Waals surface area contributed by atoms with Crippen molar-refractivity contribution in [2.75, 3.05) is 13.3 Å². The lowest BCUT2D eigenvalue weighted by atomic mass is 10.2. The smallest absolute Gasteiger partial charge is 0.306 e. The third kappa shape index (κ3) is 6.81. The van der Waals surface area contributed by atoms with Gasteiger partial charge in [-0.2, -0.15) is 0 Å². The van der Waals surface area contributed by atoms with Crippen molar-refractivity contribution in [2.24, 2.45) is 0 Å². The van der Waals surface area contributed by atoms with Gasteiger partial charge in [0.05, 0.1) is 17.2 Å². The Morgan fingerprint density at radius 3 is 1.44 bits per heavy atom. The molecule has 0 saturated heterocycles. The molecule has 0 saturated carbocycles. The van der Waals surface area contributed by atoms with Crippen molar-refractivity contribution in [3.05, 3.63) is 121 Å². The van der Waals surface area contributed by atoms with Gasteiger partial charge in [0.25, 0.3) is 0 Å². The minimum atomic E-state index is -3.16. The molecule has 0 amide bonds. The second-order valence-electron chi connectivity index (χ2n) is 7.73. The van der Waals surface area contributed by atoms with E-state index in [4.69, 9.17) is 9.05 Å². The van der Waals surface area contributed by atoms with Crippen LogP contribution in [0.4, 0.5) is 0 Å². The molecule has 1 atom stereocenters. The molecule has 0 bridgehead atoms. The predicted molar refractivity (Wildman–Crippen MR) is 143 cm³/mol. The van der Waals surface area contributed by atoms with Crippen molar-refractivity contribution < 1.29 is 18.2 Å². The Morgan fingerprint density at radius 2 is 1.03 bits per heavy atom. The van der Waals surface area contributed by atoms with E-state index in [9.17, 15) is 9.13 Å². The maximum atomic E-state index is 13.6. The number of hydrogen-bond donors (Lipinski definition) is 0. The maximum Gasteiger partial charge on any atom is 0.306 e. The zero-order chi connectivity index (χ0) is 24.4. The first-order valence-electron chi connectivity index (χ1n) is 11.1. The van der Waals surface area contributed by atoms with Gasteiger partial charge >= 0.3 is 7.37 Å². The van der Waals surface area contributed by atoms with Gasteiger partial charge in [0.1, 0.15) is 5.75 Å². The van der Waals surface area contributed by atoms with Crippen LogP contribution in [0, 0.1) is 6.92 Å². The third-order valence-corrected chi connectivity index (χ3v) is 9.46. The van der Waals surface area contributed by atoms with E-state index in [2.05, 4.69) is 0 Å². The van der Waals surface area contributed by atoms with Gasteiger partial charge in [0, 0.05) is 12.0 Å². The lowest BCUT2D eigenvalue weighted by Gasteiger charge is -2.20. The Morgan fingerprint density at radius 1 is 0.618 bits per heavy atom. The normalized spacial score (nSPS) is 12.7. The van der Waals surface area contributed by atoms with Gasteiger partial charge in [-0.15, -0.1) is 0 Å². The molecule has 6 heteroatoms. The van der Waals surface area contributed by atoms with Crippen LogP contribution >= 0.6 is 14.7 Å². The highest BCUT2D eigenvalue weighted by molar-refractivity contribution is 7.74. The zero-order valence-electron chi connectivity index (χ0n) is 19.7. The molecule has 0 aromatic heterocycles. The SMILES string of the molecule is CCOP(C)(=O)c1ccccc1.Cc1ccc(OP(=O)(c2ccccc2)c2ccccc2)cc1. The average molecular weight is 492 g/mol. The Hall–Kier alpha value is -2.90. The molecule has 0 aliphatic heterocycles. The van der Waals surface area contributed by atoms with Crippen LogP contribution in [0.1, 0.15) is 12.5 Å². The monoisotopic (exact) mass is 492 g/mol. The van der Waals surface area contributed by atoms with Gasteiger partial charge in [-0.1, -0.05) is 72.3 Å². The third-order valence-electron chi connectivity index (χ3n) is 5.05. The lowest BCUT2D eigenvalue weighted by Crippen LogP contribution is -2.19. The van der Waals surface area contributed by atoms with Crippen molar-refractivity contribution >= 4 is 30.7 Å². The van der Waals surface area contributed by atoms with Crippen LogP contribution in [0.5, 0.6) is 5.75 Å². The molecule has 0 radical (unpaired) electrons. The fourth-order valence-electron chi connectivity index (χ4n) is 3.27. The second kappa shape index (κ2) is 12.0. The Labute approximate surface area is 202 Å². The second-order valence-corrected chi connectivity index (χ2v) is 12.5. The highest BCUT2D eigenvalue weighted by Crippen LogP contribution is 2.45. The molecule has 0 N–H and O–H groups in total. The van der Waals surface area contributed by atoms with Crippen LogP contribution in [-0.2, 0) is 13.7 Å². The minimum Gasteiger partial charge on any atom is -0.437 e. The Kier molecular flexibility index (Phi) is 9.07. The van der Waals surface area contributed by atoms with Gasteiger partial charge in [-0.3, -0.25) is 9.13 Å². The summed E-state index contributed by atoms with van der Waals surface area (Å²) in [6, 6.07) is 35.6. The zero-order valence-corrected chi connectivity index (χ0v) is 21.5. The fourth-order valence-corrected chi connectivity index (χ4v) is 6.68. The van der Waals surface area contributed by atoms with E-state index in [1.165, 1.54) is 0 Å². The van der Waals surface area contributed by atoms with Gasteiger partial charge in [-0.25, -0.2) is 0 Å². The van der Waals surface area contributed by atoms with Crippen LogP contribution in [0.2, 0.25) is 0 Å². The number of benzene rings is 4. The number of aryl methyl sites for hydroxylation is 1. The molecular weight excluding hydrogens is 462 g/mol. The van der Waals surface area contributed by atoms with E-state index in [-0.39, 0.29) is 0 Å². The highest BCUT2D eigenvalue weighted by atomic mass is 31.2. The van der Waals surface area contributed by atoms with Crippen LogP contribution in [0.3, 0.4) is 0 Å². The molecule has 34 heavy (non-hydrogen) atoms. The van der Waals surface area contributed by atoms with E-state index < -0.39 is 14.7 Å². The molecule has 4 aromatic carbocycles. The van der Waals surface area contributed by atoms with Crippen LogP contribution < -0.4 is 20.4 Å². The molecule has 1 unspecified atom stereocenters. The largest absolute Gasteiger partial charge is 0.437 e. The van der Waals surface area contributed by atoms with Crippen molar-refractivity contribution in [1.29, 1.82) is 0 Å². The van der Waals surface area contributed by atoms with Crippen molar-refractivity contribution in [2.45, 2.75) is 13.8 Å². The summed E-state index contributed by atoms with van der Waals surface area (Å²) in [5.41, 5.74) is 1.14. The standard InChI is InChI=1S/C19H17O2P.C9H13O2P/c1-16-12-14-17(15-13-16)21-22(20,18-8-4-2-5-9-18)19-10-6-3-7-11-19;1-3-11-12(2,10)9-7-5-4-6-8-9/h2-15H,1H3;4-8H,3H2,1-2H3. The number of hydrogen-bond acceptors (Lipinski definition) is 4. The quantitative estimate of drug-likeness (QED) is 0.274. The van der Waals surface area contributed by atoms with Gasteiger partial charge in [0.2, 0.25) is 7.37 Å². The van der Waals surface area contributed by atoms with Crippen molar-refractivity contribution in [3.8, 4) is 5.75 Å². The molecule has 0 heterocycles. The van der Waals surface area contributed by atoms with Gasteiger partial charge < -0.3 is 9.05 Å². The lowest BCUT2D eigenvalue weighted by molar-refractivity contribution is 0.345. The van der Waals surface area contributed by atoms with Crippen LogP contribution in [0.15, 0.2) is 115 Å². The van der Waals surface area contributed by atoms with Gasteiger partial charge in [-0.05, 0) is 62.4 Å². The minimum absolute atomic E-state index is 0.489. The molecule has 0 spiro atoms. The first kappa shape index (κ1) is 25.7. The molecule has 0 aliphatic carbocycles. The molecular formula is C28H30O4P2. The topological polar surface area (TPSA) is 52.6 Å². The average Bonchev–Trinajstić information content (AvgIpc) is 2.87. The summed E-state index contributed by atoms with van der Waals surface area (Å²) in [6.45, 7) is 5.99. The summed E-state index contributed by atoms with van der Waals surface area (Å²) in [6.07, 6.45) is 0. The molecule has 176 valence electrons. The first-order valence-corrected chi connectivity index (χ1v) is 14.8. The summed E-state index contributed by atoms with van der Waals surface area (Å²) >= 11 is 0. The van der Waals surface area contributed by atoms with Crippen molar-refractivity contribution in [3.63, 3.8) is 0 Å². The Bertz CT molecular complexity index is 1200. The van der Waals surface area contributed by atoms with Gasteiger partial charge in [0.15, 0.2) is 0 Å². The van der Waals surface area contributed by atoms with E-state index >= 15 is 0 Å². The Balaban J connectivity index is 0.000000229. The van der Waals surface area contributed by atoms with E-state index in [1.807, 2.05) is 129 Å². The van der Waals surface area contributed by atoms with E-state index in [0.717, 1.165) is 10.9 Å². The molecule has 0 aliphatic rings. The molecule has 4 rings (SSSR count). The highest BCUT2D eigenvalue weighted by Gasteiger charge is 2.29. The molecule has 4 aromatic rings. The van der Waals surface area contributed by atoms with Crippen molar-refractivity contribution in [1.82, 2.24) is 0 Å². The summed E-state index contributed by atoms with van der Waals surface area (Å²) in [5.74, 6) is 0.613. The predicted octanol–water partition coefficient (Wildman–Crippen LogP) is 6.56. The first-order chi connectivity index (χ1) is 16.3. The van der Waals surface area contributed by atoms with E-state index in [1.54, 1.807) is 6.66 Å². The maximum absolute atomic E-state index is 13.6. The summed E-state index contributed by atoms with van der Waals surface area (Å²) < 4.78 is 36.6. The van der Waals surface area contributed by atoms with E-state index in [0.29, 0.717) is 23.0 Å². The fraction of sp³-hybridized carbons (Fsp3) is 0.143. The molecule has 0 fully saturated rings. The number of rotatable bonds is 7. The van der Waals surface area contributed by atoms with Crippen LogP contribution in [-0.4, -0.2) is 13.3 Å².